The van der Waals surface area contributed by atoms with Gasteiger partial charge in [-0.25, -0.2) is 0 Å². The topological polar surface area (TPSA) is 106 Å². The number of carbonyl (C=O) groups excluding carboxylic acids is 3. The maximum atomic E-state index is 14.5. The van der Waals surface area contributed by atoms with E-state index in [0.29, 0.717) is 45.3 Å². The molecule has 3 aromatic carbocycles. The number of carbonyl (C=O) groups is 3. The number of quaternary nitrogens is 1. The van der Waals surface area contributed by atoms with Gasteiger partial charge in [-0.3, -0.25) is 14.4 Å². The molecule has 8 heteroatoms. The molecule has 3 aromatic rings. The van der Waals surface area contributed by atoms with E-state index in [-0.39, 0.29) is 23.8 Å². The number of rotatable bonds is 10. The molecule has 2 aliphatic rings. The molecule has 1 saturated carbocycles. The van der Waals surface area contributed by atoms with Crippen molar-refractivity contribution >= 4 is 40.3 Å². The number of nitrogens with zero attached hydrogens (tertiary/aromatic N) is 1. The average molecular weight is 602 g/mol. The molecule has 1 aliphatic carbocycles. The van der Waals surface area contributed by atoms with Crippen molar-refractivity contribution in [1.29, 1.82) is 0 Å². The number of thioether (sulfide) groups is 1. The van der Waals surface area contributed by atoms with Crippen LogP contribution in [0.4, 0.5) is 0 Å². The molecule has 5 N–H and O–H groups in total. The molecule has 7 nitrogen and oxygen atoms in total. The van der Waals surface area contributed by atoms with E-state index in [1.807, 2.05) is 66.6 Å². The summed E-state index contributed by atoms with van der Waals surface area (Å²) >= 11 is 1.57. The summed E-state index contributed by atoms with van der Waals surface area (Å²) in [6, 6.07) is 23.9. The van der Waals surface area contributed by atoms with Gasteiger partial charge in [0, 0.05) is 38.9 Å². The first-order chi connectivity index (χ1) is 20.8. The molecule has 1 saturated heterocycles. The molecule has 1 unspecified atom stereocenters. The van der Waals surface area contributed by atoms with Gasteiger partial charge in [0.15, 0.2) is 0 Å². The monoisotopic (exact) mass is 601 g/mol. The van der Waals surface area contributed by atoms with Crippen LogP contribution in [0, 0.1) is 5.41 Å². The molecule has 43 heavy (non-hydrogen) atoms. The lowest BCUT2D eigenvalue weighted by molar-refractivity contribution is -0.417. The summed E-state index contributed by atoms with van der Waals surface area (Å²) in [4.78, 5) is 43.8. The highest BCUT2D eigenvalue weighted by Gasteiger charge is 2.48. The SMILES string of the molecule is CCNC(=O)[C@]1(Cc2ccccc2)CCCN(C(=O)[C@@H](Cc2ccc3ccccc3c2)NC(=O)C2(SC)CC[C@H]([NH3+])C2)C1. The Hall–Kier alpha value is -3.36. The minimum atomic E-state index is -0.733. The normalized spacial score (nSPS) is 24.4. The smallest absolute Gasteiger partial charge is 0.245 e. The lowest BCUT2D eigenvalue weighted by Gasteiger charge is -2.43. The minimum Gasteiger partial charge on any atom is -0.356 e. The molecule has 3 amide bonds. The van der Waals surface area contributed by atoms with Crippen LogP contribution < -0.4 is 16.4 Å². The van der Waals surface area contributed by atoms with Crippen LogP contribution in [0.1, 0.15) is 50.2 Å². The second-order valence-electron chi connectivity index (χ2n) is 12.4. The first-order valence-electron chi connectivity index (χ1n) is 15.6. The van der Waals surface area contributed by atoms with Crippen LogP contribution in [-0.2, 0) is 27.2 Å². The molecule has 228 valence electrons. The average Bonchev–Trinajstić information content (AvgIpc) is 3.43. The predicted octanol–water partition coefficient (Wildman–Crippen LogP) is 3.75. The summed E-state index contributed by atoms with van der Waals surface area (Å²) in [7, 11) is 0. The van der Waals surface area contributed by atoms with Crippen molar-refractivity contribution in [2.45, 2.75) is 68.7 Å². The molecule has 0 aromatic heterocycles. The van der Waals surface area contributed by atoms with Gasteiger partial charge in [-0.15, -0.1) is 11.8 Å². The Bertz CT molecular complexity index is 1450. The largest absolute Gasteiger partial charge is 0.356 e. The third-order valence-corrected chi connectivity index (χ3v) is 10.7. The molecular formula is C35H45N4O3S+. The maximum absolute atomic E-state index is 14.5. The van der Waals surface area contributed by atoms with Crippen LogP contribution in [0.3, 0.4) is 0 Å². The highest BCUT2D eigenvalue weighted by Crippen LogP contribution is 2.40. The molecule has 0 spiro atoms. The highest BCUT2D eigenvalue weighted by atomic mass is 32.2. The number of benzene rings is 3. The van der Waals surface area contributed by atoms with Crippen LogP contribution in [0.5, 0.6) is 0 Å². The van der Waals surface area contributed by atoms with Crippen molar-refractivity contribution in [2.75, 3.05) is 25.9 Å². The number of hydrogen-bond donors (Lipinski definition) is 3. The van der Waals surface area contributed by atoms with Gasteiger partial charge < -0.3 is 21.3 Å². The molecule has 5 rings (SSSR count). The number of amides is 3. The number of hydrogen-bond acceptors (Lipinski definition) is 4. The number of likely N-dealkylation sites (tertiary alicyclic amines) is 1. The highest BCUT2D eigenvalue weighted by molar-refractivity contribution is 8.00. The van der Waals surface area contributed by atoms with E-state index in [1.54, 1.807) is 11.8 Å². The van der Waals surface area contributed by atoms with Gasteiger partial charge in [0.2, 0.25) is 17.7 Å². The maximum Gasteiger partial charge on any atom is 0.245 e. The van der Waals surface area contributed by atoms with Gasteiger partial charge >= 0.3 is 0 Å². The summed E-state index contributed by atoms with van der Waals surface area (Å²) in [6.07, 6.45) is 6.72. The Morgan fingerprint density at radius 1 is 0.977 bits per heavy atom. The summed E-state index contributed by atoms with van der Waals surface area (Å²) in [6.45, 7) is 3.35. The minimum absolute atomic E-state index is 0.0137. The van der Waals surface area contributed by atoms with Gasteiger partial charge in [0.1, 0.15) is 6.04 Å². The molecule has 0 bridgehead atoms. The van der Waals surface area contributed by atoms with E-state index in [9.17, 15) is 14.4 Å². The van der Waals surface area contributed by atoms with Crippen molar-refractivity contribution in [3.8, 4) is 0 Å². The van der Waals surface area contributed by atoms with E-state index in [2.05, 4.69) is 40.6 Å². The first kappa shape index (κ1) is 31.1. The Morgan fingerprint density at radius 3 is 2.42 bits per heavy atom. The van der Waals surface area contributed by atoms with Crippen LogP contribution in [0.25, 0.3) is 10.8 Å². The predicted molar refractivity (Wildman–Crippen MR) is 173 cm³/mol. The van der Waals surface area contributed by atoms with Crippen LogP contribution in [0.2, 0.25) is 0 Å². The Labute approximate surface area is 259 Å². The molecule has 1 aliphatic heterocycles. The summed E-state index contributed by atoms with van der Waals surface area (Å²) in [5.74, 6) is -0.217. The fraction of sp³-hybridized carbons (Fsp3) is 0.457. The number of nitrogens with one attached hydrogen (secondary N) is 2. The number of fused-ring (bicyclic) bond motifs is 1. The summed E-state index contributed by atoms with van der Waals surface area (Å²) in [5.41, 5.74) is 5.57. The van der Waals surface area contributed by atoms with E-state index in [1.165, 1.54) is 0 Å². The third-order valence-electron chi connectivity index (χ3n) is 9.33. The van der Waals surface area contributed by atoms with E-state index >= 15 is 0 Å². The molecular weight excluding hydrogens is 556 g/mol. The van der Waals surface area contributed by atoms with Crippen LogP contribution in [-0.4, -0.2) is 65.3 Å². The van der Waals surface area contributed by atoms with Crippen molar-refractivity contribution in [2.24, 2.45) is 5.41 Å². The lowest BCUT2D eigenvalue weighted by Crippen LogP contribution is -2.61. The zero-order valence-electron chi connectivity index (χ0n) is 25.4. The van der Waals surface area contributed by atoms with Gasteiger partial charge in [-0.2, -0.15) is 0 Å². The van der Waals surface area contributed by atoms with E-state index in [0.717, 1.165) is 41.2 Å². The van der Waals surface area contributed by atoms with Crippen LogP contribution in [0.15, 0.2) is 72.8 Å². The van der Waals surface area contributed by atoms with Crippen molar-refractivity contribution in [1.82, 2.24) is 15.5 Å². The van der Waals surface area contributed by atoms with Crippen LogP contribution >= 0.6 is 11.8 Å². The van der Waals surface area contributed by atoms with E-state index < -0.39 is 16.2 Å². The van der Waals surface area contributed by atoms with Gasteiger partial charge in [-0.05, 0) is 60.8 Å². The lowest BCUT2D eigenvalue weighted by atomic mass is 9.74. The van der Waals surface area contributed by atoms with E-state index in [4.69, 9.17) is 0 Å². The molecule has 0 radical (unpaired) electrons. The fourth-order valence-electron chi connectivity index (χ4n) is 6.97. The van der Waals surface area contributed by atoms with Crippen molar-refractivity contribution in [3.63, 3.8) is 0 Å². The number of piperidine rings is 1. The summed E-state index contributed by atoms with van der Waals surface area (Å²) < 4.78 is -0.575. The summed E-state index contributed by atoms with van der Waals surface area (Å²) in [5, 5.41) is 8.51. The van der Waals surface area contributed by atoms with Crippen molar-refractivity contribution < 1.29 is 20.1 Å². The van der Waals surface area contributed by atoms with Gasteiger partial charge in [-0.1, -0.05) is 72.8 Å². The first-order valence-corrected chi connectivity index (χ1v) is 16.8. The standard InChI is InChI=1S/C35H44N4O3S/c1-3-37-32(41)34(22-25-10-5-4-6-11-25)17-9-19-39(24-34)31(40)30(38-33(42)35(43-2)18-16-29(36)23-35)21-26-14-15-27-12-7-8-13-28(27)20-26/h4-8,10-15,20,29-30H,3,9,16-19,21-24,36H2,1-2H3,(H,37,41)(H,38,42)/p+1/t29-,30+,34-,35?/m0/s1. The molecule has 1 heterocycles. The quantitative estimate of drug-likeness (QED) is 0.329. The Morgan fingerprint density at radius 2 is 1.72 bits per heavy atom. The van der Waals surface area contributed by atoms with Crippen molar-refractivity contribution in [3.05, 3.63) is 83.9 Å². The zero-order valence-corrected chi connectivity index (χ0v) is 26.3. The fourth-order valence-corrected chi connectivity index (χ4v) is 7.94. The zero-order chi connectivity index (χ0) is 30.5. The van der Waals surface area contributed by atoms with Gasteiger partial charge in [0.25, 0.3) is 0 Å². The molecule has 4 atom stereocenters. The Balaban J connectivity index is 1.44. The Kier molecular flexibility index (Phi) is 9.77. The second-order valence-corrected chi connectivity index (χ2v) is 13.6. The van der Waals surface area contributed by atoms with Gasteiger partial charge in [0.05, 0.1) is 16.2 Å². The third kappa shape index (κ3) is 6.91. The molecule has 2 fully saturated rings. The second kappa shape index (κ2) is 13.5.